The second-order valence-electron chi connectivity index (χ2n) is 6.35. The normalized spacial score (nSPS) is 11.2. The summed E-state index contributed by atoms with van der Waals surface area (Å²) in [6, 6.07) is 14.5. The molecule has 3 aromatic rings. The number of hydrogen-bond acceptors (Lipinski definition) is 5. The van der Waals surface area contributed by atoms with Crippen LogP contribution in [0.15, 0.2) is 64.4 Å². The summed E-state index contributed by atoms with van der Waals surface area (Å²) in [6.45, 7) is 3.78. The zero-order valence-corrected chi connectivity index (χ0v) is 17.7. The van der Waals surface area contributed by atoms with E-state index in [-0.39, 0.29) is 16.6 Å². The fraction of sp³-hybridized carbons (Fsp3) is 0.150. The molecule has 1 aromatic heterocycles. The van der Waals surface area contributed by atoms with Crippen molar-refractivity contribution >= 4 is 37.4 Å². The first-order chi connectivity index (χ1) is 13.3. The lowest BCUT2D eigenvalue weighted by Crippen LogP contribution is -2.18. The topological polar surface area (TPSA) is 89.0 Å². The molecule has 0 saturated carbocycles. The Hall–Kier alpha value is -2.58. The van der Waals surface area contributed by atoms with Crippen LogP contribution in [-0.4, -0.2) is 24.3 Å². The van der Waals surface area contributed by atoms with Crippen LogP contribution in [0.2, 0.25) is 0 Å². The average molecular weight is 460 g/mol. The van der Waals surface area contributed by atoms with Crippen molar-refractivity contribution in [2.45, 2.75) is 24.8 Å². The first-order valence-electron chi connectivity index (χ1n) is 8.44. The molecule has 0 aliphatic heterocycles. The second kappa shape index (κ2) is 8.20. The summed E-state index contributed by atoms with van der Waals surface area (Å²) in [5.41, 5.74) is 3.13. The van der Waals surface area contributed by atoms with Crippen molar-refractivity contribution in [2.75, 3.05) is 5.32 Å². The molecule has 0 aliphatic rings. The molecule has 8 heteroatoms. The number of carbonyl (C=O) groups excluding carboxylic acids is 1. The molecular weight excluding hydrogens is 442 g/mol. The van der Waals surface area contributed by atoms with Crippen molar-refractivity contribution in [1.29, 1.82) is 0 Å². The number of halogens is 1. The number of hydrogen-bond donors (Lipinski definition) is 1. The van der Waals surface area contributed by atoms with Gasteiger partial charge in [-0.1, -0.05) is 42.0 Å². The lowest BCUT2D eigenvalue weighted by Gasteiger charge is -2.09. The van der Waals surface area contributed by atoms with Gasteiger partial charge in [0.05, 0.1) is 10.2 Å². The minimum atomic E-state index is -3.81. The summed E-state index contributed by atoms with van der Waals surface area (Å²) in [5.74, 6) is -0.759. The number of anilines is 1. The van der Waals surface area contributed by atoms with Gasteiger partial charge in [-0.2, -0.15) is 0 Å². The number of rotatable bonds is 5. The third-order valence-electron chi connectivity index (χ3n) is 4.13. The summed E-state index contributed by atoms with van der Waals surface area (Å²) in [6.07, 6.45) is 1.28. The Morgan fingerprint density at radius 3 is 2.43 bits per heavy atom. The number of carbonyl (C=O) groups is 1. The van der Waals surface area contributed by atoms with Gasteiger partial charge in [-0.25, -0.2) is 18.4 Å². The van der Waals surface area contributed by atoms with Crippen LogP contribution in [0.4, 0.5) is 5.69 Å². The first-order valence-corrected chi connectivity index (χ1v) is 10.9. The van der Waals surface area contributed by atoms with E-state index in [4.69, 9.17) is 0 Å². The standard InChI is InChI=1S/C20H18BrN3O3S/c1-13-7-9-16(10-8-13)23-19(25)18-17(21)11-22-20(24-18)28(26,27)12-15-6-4-3-5-14(15)2/h3-11H,12H2,1-2H3,(H,23,25). The number of amides is 1. The van der Waals surface area contributed by atoms with Gasteiger partial charge in [0.15, 0.2) is 0 Å². The van der Waals surface area contributed by atoms with E-state index in [0.717, 1.165) is 11.1 Å². The van der Waals surface area contributed by atoms with Gasteiger partial charge < -0.3 is 5.32 Å². The maximum Gasteiger partial charge on any atom is 0.275 e. The lowest BCUT2D eigenvalue weighted by atomic mass is 10.1. The maximum absolute atomic E-state index is 12.8. The smallest absolute Gasteiger partial charge is 0.275 e. The van der Waals surface area contributed by atoms with Gasteiger partial charge in [0.1, 0.15) is 5.69 Å². The summed E-state index contributed by atoms with van der Waals surface area (Å²) in [7, 11) is -3.81. The number of nitrogens with one attached hydrogen (secondary N) is 1. The fourth-order valence-corrected chi connectivity index (χ4v) is 4.21. The van der Waals surface area contributed by atoms with Crippen molar-refractivity contribution in [2.24, 2.45) is 0 Å². The van der Waals surface area contributed by atoms with E-state index in [0.29, 0.717) is 15.7 Å². The number of sulfone groups is 1. The first kappa shape index (κ1) is 20.2. The van der Waals surface area contributed by atoms with Gasteiger partial charge in [-0.05, 0) is 53.0 Å². The van der Waals surface area contributed by atoms with Gasteiger partial charge in [0.25, 0.3) is 5.91 Å². The van der Waals surface area contributed by atoms with Crippen LogP contribution in [0.5, 0.6) is 0 Å². The molecule has 0 aliphatic carbocycles. The number of nitrogens with zero attached hydrogens (tertiary/aromatic N) is 2. The van der Waals surface area contributed by atoms with Crippen molar-refractivity contribution in [3.63, 3.8) is 0 Å². The van der Waals surface area contributed by atoms with E-state index in [1.54, 1.807) is 24.3 Å². The molecule has 1 heterocycles. The van der Waals surface area contributed by atoms with Crippen molar-refractivity contribution in [3.8, 4) is 0 Å². The zero-order chi connectivity index (χ0) is 20.3. The highest BCUT2D eigenvalue weighted by atomic mass is 79.9. The monoisotopic (exact) mass is 459 g/mol. The molecule has 1 N–H and O–H groups in total. The third kappa shape index (κ3) is 4.63. The van der Waals surface area contributed by atoms with Crippen LogP contribution in [0.3, 0.4) is 0 Å². The van der Waals surface area contributed by atoms with Gasteiger partial charge in [0.2, 0.25) is 15.0 Å². The van der Waals surface area contributed by atoms with E-state index >= 15 is 0 Å². The summed E-state index contributed by atoms with van der Waals surface area (Å²) in [4.78, 5) is 20.5. The minimum absolute atomic E-state index is 0.0427. The molecular formula is C20H18BrN3O3S. The molecule has 0 saturated heterocycles. The highest BCUT2D eigenvalue weighted by Crippen LogP contribution is 2.20. The molecule has 0 radical (unpaired) electrons. The quantitative estimate of drug-likeness (QED) is 0.580. The number of benzene rings is 2. The van der Waals surface area contributed by atoms with E-state index in [2.05, 4.69) is 31.2 Å². The Kier molecular flexibility index (Phi) is 5.90. The van der Waals surface area contributed by atoms with Crippen LogP contribution in [0.1, 0.15) is 27.2 Å². The highest BCUT2D eigenvalue weighted by Gasteiger charge is 2.23. The second-order valence-corrected chi connectivity index (χ2v) is 9.09. The number of aromatic nitrogens is 2. The summed E-state index contributed by atoms with van der Waals surface area (Å²) >= 11 is 3.22. The Morgan fingerprint density at radius 1 is 1.07 bits per heavy atom. The molecule has 1 amide bonds. The molecule has 0 spiro atoms. The molecule has 0 atom stereocenters. The fourth-order valence-electron chi connectivity index (χ4n) is 2.53. The van der Waals surface area contributed by atoms with Crippen molar-refractivity contribution in [1.82, 2.24) is 9.97 Å². The summed E-state index contributed by atoms with van der Waals surface area (Å²) in [5, 5.41) is 2.33. The van der Waals surface area contributed by atoms with Crippen LogP contribution < -0.4 is 5.32 Å². The molecule has 144 valence electrons. The van der Waals surface area contributed by atoms with Crippen molar-refractivity contribution in [3.05, 3.63) is 81.6 Å². The Labute approximate surface area is 172 Å². The minimum Gasteiger partial charge on any atom is -0.321 e. The Bertz CT molecular complexity index is 1130. The maximum atomic E-state index is 12.8. The Balaban J connectivity index is 1.89. The van der Waals surface area contributed by atoms with Crippen LogP contribution in [-0.2, 0) is 15.6 Å². The van der Waals surface area contributed by atoms with Gasteiger partial charge in [0, 0.05) is 11.9 Å². The molecule has 28 heavy (non-hydrogen) atoms. The van der Waals surface area contributed by atoms with Gasteiger partial charge in [-0.15, -0.1) is 0 Å². The van der Waals surface area contributed by atoms with Gasteiger partial charge in [-0.3, -0.25) is 4.79 Å². The summed E-state index contributed by atoms with van der Waals surface area (Å²) < 4.78 is 25.8. The molecule has 0 unspecified atom stereocenters. The largest absolute Gasteiger partial charge is 0.321 e. The molecule has 2 aromatic carbocycles. The van der Waals surface area contributed by atoms with E-state index in [1.807, 2.05) is 38.1 Å². The predicted octanol–water partition coefficient (Wildman–Crippen LogP) is 4.08. The molecule has 6 nitrogen and oxygen atoms in total. The molecule has 0 bridgehead atoms. The van der Waals surface area contributed by atoms with E-state index in [9.17, 15) is 13.2 Å². The third-order valence-corrected chi connectivity index (χ3v) is 6.16. The van der Waals surface area contributed by atoms with Crippen LogP contribution in [0, 0.1) is 13.8 Å². The van der Waals surface area contributed by atoms with Crippen LogP contribution >= 0.6 is 15.9 Å². The zero-order valence-electron chi connectivity index (χ0n) is 15.3. The average Bonchev–Trinajstić information content (AvgIpc) is 2.65. The number of aryl methyl sites for hydroxylation is 2. The predicted molar refractivity (Wildman–Crippen MR) is 111 cm³/mol. The van der Waals surface area contributed by atoms with Gasteiger partial charge >= 0.3 is 0 Å². The van der Waals surface area contributed by atoms with Crippen LogP contribution in [0.25, 0.3) is 0 Å². The van der Waals surface area contributed by atoms with E-state index in [1.165, 1.54) is 6.20 Å². The van der Waals surface area contributed by atoms with E-state index < -0.39 is 15.7 Å². The molecule has 3 rings (SSSR count). The Morgan fingerprint density at radius 2 is 1.75 bits per heavy atom. The lowest BCUT2D eigenvalue weighted by molar-refractivity contribution is 0.102. The SMILES string of the molecule is Cc1ccc(NC(=O)c2nc(S(=O)(=O)Cc3ccccc3C)ncc2Br)cc1. The van der Waals surface area contributed by atoms with Crippen molar-refractivity contribution < 1.29 is 13.2 Å². The molecule has 0 fully saturated rings. The highest BCUT2D eigenvalue weighted by molar-refractivity contribution is 9.10.